The zero-order valence-electron chi connectivity index (χ0n) is 12.6. The number of aromatic nitrogens is 4. The lowest BCUT2D eigenvalue weighted by molar-refractivity contribution is -0.134. The summed E-state index contributed by atoms with van der Waals surface area (Å²) >= 11 is 0. The number of amides is 1. The van der Waals surface area contributed by atoms with E-state index < -0.39 is 5.97 Å². The third-order valence-electron chi connectivity index (χ3n) is 2.97. The normalized spacial score (nSPS) is 11.3. The first-order valence-corrected chi connectivity index (χ1v) is 6.76. The van der Waals surface area contributed by atoms with Crippen LogP contribution >= 0.6 is 0 Å². The molecule has 0 fully saturated rings. The summed E-state index contributed by atoms with van der Waals surface area (Å²) < 4.78 is 6.02. The Morgan fingerprint density at radius 2 is 2.18 bits per heavy atom. The van der Waals surface area contributed by atoms with Gasteiger partial charge in [0.15, 0.2) is 0 Å². The molecule has 0 bridgehead atoms. The molecule has 0 spiro atoms. The molecule has 0 saturated heterocycles. The predicted molar refractivity (Wildman–Crippen MR) is 78.4 cm³/mol. The number of esters is 1. The van der Waals surface area contributed by atoms with Gasteiger partial charge in [-0.25, -0.2) is 14.3 Å². The van der Waals surface area contributed by atoms with E-state index in [-0.39, 0.29) is 18.4 Å². The molecule has 8 nitrogen and oxygen atoms in total. The number of methoxy groups -OCH3 is 1. The van der Waals surface area contributed by atoms with Crippen LogP contribution in [0.2, 0.25) is 0 Å². The Bertz CT molecular complexity index is 720. The standard InChI is InChI=1S/C14H17N5O3/c1-9(2)12-10(7-16-14-17-8-18-19(12)14)13(21)15-6-4-5-11(20)22-3/h4-5,7-9H,6H2,1-3H3,(H,15,21)/b5-4+. The molecule has 0 aliphatic carbocycles. The minimum atomic E-state index is -0.470. The molecule has 2 aromatic rings. The van der Waals surface area contributed by atoms with Gasteiger partial charge in [0, 0.05) is 18.8 Å². The van der Waals surface area contributed by atoms with Crippen molar-refractivity contribution in [3.05, 3.63) is 35.9 Å². The van der Waals surface area contributed by atoms with Gasteiger partial charge in [-0.2, -0.15) is 10.1 Å². The van der Waals surface area contributed by atoms with Gasteiger partial charge in [0.05, 0.1) is 18.4 Å². The molecule has 0 aromatic carbocycles. The molecule has 1 N–H and O–H groups in total. The number of hydrogen-bond acceptors (Lipinski definition) is 6. The fourth-order valence-corrected chi connectivity index (χ4v) is 2.00. The molecule has 2 aromatic heterocycles. The first-order valence-electron chi connectivity index (χ1n) is 6.76. The van der Waals surface area contributed by atoms with Crippen LogP contribution in [0.15, 0.2) is 24.7 Å². The Labute approximate surface area is 127 Å². The number of carbonyl (C=O) groups excluding carboxylic acids is 2. The van der Waals surface area contributed by atoms with Crippen molar-refractivity contribution in [1.82, 2.24) is 24.9 Å². The monoisotopic (exact) mass is 303 g/mol. The van der Waals surface area contributed by atoms with Gasteiger partial charge in [-0.1, -0.05) is 19.9 Å². The molecule has 0 atom stereocenters. The smallest absolute Gasteiger partial charge is 0.330 e. The first kappa shape index (κ1) is 15.6. The Hall–Kier alpha value is -2.77. The zero-order chi connectivity index (χ0) is 16.1. The molecule has 0 saturated carbocycles. The maximum Gasteiger partial charge on any atom is 0.330 e. The van der Waals surface area contributed by atoms with Gasteiger partial charge in [0.1, 0.15) is 6.33 Å². The lowest BCUT2D eigenvalue weighted by atomic mass is 10.0. The molecule has 0 aliphatic heterocycles. The van der Waals surface area contributed by atoms with Crippen molar-refractivity contribution < 1.29 is 14.3 Å². The molecule has 2 heterocycles. The molecule has 116 valence electrons. The van der Waals surface area contributed by atoms with E-state index in [4.69, 9.17) is 0 Å². The van der Waals surface area contributed by atoms with Crippen LogP contribution in [0.1, 0.15) is 35.8 Å². The fraction of sp³-hybridized carbons (Fsp3) is 0.357. The fourth-order valence-electron chi connectivity index (χ4n) is 2.00. The number of hydrogen-bond donors (Lipinski definition) is 1. The van der Waals surface area contributed by atoms with Crippen molar-refractivity contribution in [2.24, 2.45) is 0 Å². The highest BCUT2D eigenvalue weighted by Gasteiger charge is 2.18. The lowest BCUT2D eigenvalue weighted by Gasteiger charge is -2.12. The third-order valence-corrected chi connectivity index (χ3v) is 2.97. The maximum atomic E-state index is 12.3. The van der Waals surface area contributed by atoms with Crippen LogP contribution in [0, 0.1) is 0 Å². The summed E-state index contributed by atoms with van der Waals surface area (Å²) in [5.41, 5.74) is 1.16. The van der Waals surface area contributed by atoms with E-state index in [1.165, 1.54) is 31.8 Å². The van der Waals surface area contributed by atoms with E-state index >= 15 is 0 Å². The van der Waals surface area contributed by atoms with E-state index in [9.17, 15) is 9.59 Å². The summed E-state index contributed by atoms with van der Waals surface area (Å²) in [6.07, 6.45) is 5.65. The van der Waals surface area contributed by atoms with Gasteiger partial charge in [-0.05, 0) is 5.92 Å². The minimum Gasteiger partial charge on any atom is -0.466 e. The molecule has 0 unspecified atom stereocenters. The summed E-state index contributed by atoms with van der Waals surface area (Å²) in [7, 11) is 1.29. The van der Waals surface area contributed by atoms with E-state index in [2.05, 4.69) is 25.1 Å². The van der Waals surface area contributed by atoms with Gasteiger partial charge in [0.2, 0.25) is 0 Å². The van der Waals surface area contributed by atoms with Crippen molar-refractivity contribution in [1.29, 1.82) is 0 Å². The van der Waals surface area contributed by atoms with Gasteiger partial charge in [0.25, 0.3) is 11.7 Å². The summed E-state index contributed by atoms with van der Waals surface area (Å²) in [6.45, 7) is 4.13. The maximum absolute atomic E-state index is 12.3. The Balaban J connectivity index is 2.19. The molecule has 1 amide bonds. The van der Waals surface area contributed by atoms with Crippen LogP contribution < -0.4 is 5.32 Å². The zero-order valence-corrected chi connectivity index (χ0v) is 12.6. The SMILES string of the molecule is COC(=O)/C=C/CNC(=O)c1cnc2ncnn2c1C(C)C. The third kappa shape index (κ3) is 3.27. The highest BCUT2D eigenvalue weighted by molar-refractivity contribution is 5.95. The lowest BCUT2D eigenvalue weighted by Crippen LogP contribution is -2.26. The number of ether oxygens (including phenoxy) is 1. The number of carbonyl (C=O) groups is 2. The summed E-state index contributed by atoms with van der Waals surface area (Å²) in [4.78, 5) is 31.3. The molecular weight excluding hydrogens is 286 g/mol. The molecule has 22 heavy (non-hydrogen) atoms. The van der Waals surface area contributed by atoms with Crippen LogP contribution in [-0.2, 0) is 9.53 Å². The van der Waals surface area contributed by atoms with Gasteiger partial charge < -0.3 is 10.1 Å². The quantitative estimate of drug-likeness (QED) is 0.645. The average molecular weight is 303 g/mol. The number of rotatable bonds is 5. The van der Waals surface area contributed by atoms with E-state index in [1.807, 2.05) is 13.8 Å². The largest absolute Gasteiger partial charge is 0.466 e. The van der Waals surface area contributed by atoms with Crippen LogP contribution in [0.25, 0.3) is 5.78 Å². The molecule has 8 heteroatoms. The van der Waals surface area contributed by atoms with Crippen LogP contribution in [-0.4, -0.2) is 45.1 Å². The minimum absolute atomic E-state index is 0.0681. The van der Waals surface area contributed by atoms with Gasteiger partial charge in [-0.3, -0.25) is 4.79 Å². The van der Waals surface area contributed by atoms with Crippen molar-refractivity contribution in [2.75, 3.05) is 13.7 Å². The Kier molecular flexibility index (Phi) is 4.82. The van der Waals surface area contributed by atoms with Crippen molar-refractivity contribution in [3.8, 4) is 0 Å². The molecular formula is C14H17N5O3. The van der Waals surface area contributed by atoms with E-state index in [0.29, 0.717) is 11.3 Å². The van der Waals surface area contributed by atoms with Gasteiger partial charge >= 0.3 is 5.97 Å². The van der Waals surface area contributed by atoms with Crippen molar-refractivity contribution in [3.63, 3.8) is 0 Å². The number of fused-ring (bicyclic) bond motifs is 1. The molecule has 2 rings (SSSR count). The first-order chi connectivity index (χ1) is 10.5. The van der Waals surface area contributed by atoms with Crippen molar-refractivity contribution in [2.45, 2.75) is 19.8 Å². The Morgan fingerprint density at radius 3 is 2.86 bits per heavy atom. The molecule has 0 radical (unpaired) electrons. The number of nitrogens with zero attached hydrogens (tertiary/aromatic N) is 4. The van der Waals surface area contributed by atoms with E-state index in [0.717, 1.165) is 5.69 Å². The van der Waals surface area contributed by atoms with Gasteiger partial charge in [-0.15, -0.1) is 0 Å². The Morgan fingerprint density at radius 1 is 1.41 bits per heavy atom. The summed E-state index contributed by atoms with van der Waals surface area (Å²) in [6, 6.07) is 0. The number of nitrogens with one attached hydrogen (secondary N) is 1. The second-order valence-corrected chi connectivity index (χ2v) is 4.82. The van der Waals surface area contributed by atoms with Crippen LogP contribution in [0.4, 0.5) is 0 Å². The highest BCUT2D eigenvalue weighted by atomic mass is 16.5. The molecule has 0 aliphatic rings. The predicted octanol–water partition coefficient (Wildman–Crippen LogP) is 0.707. The second-order valence-electron chi connectivity index (χ2n) is 4.82. The average Bonchev–Trinajstić information content (AvgIpc) is 2.98. The van der Waals surface area contributed by atoms with Crippen molar-refractivity contribution >= 4 is 17.7 Å². The highest BCUT2D eigenvalue weighted by Crippen LogP contribution is 2.18. The topological polar surface area (TPSA) is 98.5 Å². The summed E-state index contributed by atoms with van der Waals surface area (Å²) in [5, 5.41) is 6.80. The van der Waals surface area contributed by atoms with Crippen LogP contribution in [0.3, 0.4) is 0 Å². The van der Waals surface area contributed by atoms with Crippen LogP contribution in [0.5, 0.6) is 0 Å². The second kappa shape index (κ2) is 6.79. The van der Waals surface area contributed by atoms with E-state index in [1.54, 1.807) is 4.52 Å². The summed E-state index contributed by atoms with van der Waals surface area (Å²) in [5.74, 6) is -0.240.